The Bertz CT molecular complexity index is 317. The SMILES string of the molecule is COC(C)CNCc1ccc(F)cc1F. The van der Waals surface area contributed by atoms with Crippen LogP contribution >= 0.6 is 0 Å². The molecule has 15 heavy (non-hydrogen) atoms. The van der Waals surface area contributed by atoms with Crippen molar-refractivity contribution in [1.29, 1.82) is 0 Å². The zero-order valence-electron chi connectivity index (χ0n) is 8.89. The third kappa shape index (κ3) is 3.93. The lowest BCUT2D eigenvalue weighted by atomic mass is 10.2. The number of ether oxygens (including phenoxy) is 1. The van der Waals surface area contributed by atoms with E-state index in [1.807, 2.05) is 6.92 Å². The number of halogens is 2. The summed E-state index contributed by atoms with van der Waals surface area (Å²) in [5.41, 5.74) is 0.458. The van der Waals surface area contributed by atoms with Crippen LogP contribution in [0.5, 0.6) is 0 Å². The fraction of sp³-hybridized carbons (Fsp3) is 0.455. The Morgan fingerprint density at radius 1 is 1.40 bits per heavy atom. The molecule has 2 nitrogen and oxygen atoms in total. The van der Waals surface area contributed by atoms with Crippen LogP contribution in [-0.2, 0) is 11.3 Å². The highest BCUT2D eigenvalue weighted by molar-refractivity contribution is 5.18. The monoisotopic (exact) mass is 215 g/mol. The van der Waals surface area contributed by atoms with E-state index in [9.17, 15) is 8.78 Å². The largest absolute Gasteiger partial charge is 0.380 e. The highest BCUT2D eigenvalue weighted by Crippen LogP contribution is 2.08. The second kappa shape index (κ2) is 5.78. The molecule has 0 spiro atoms. The summed E-state index contributed by atoms with van der Waals surface area (Å²) in [6.45, 7) is 2.92. The van der Waals surface area contributed by atoms with E-state index < -0.39 is 11.6 Å². The minimum absolute atomic E-state index is 0.0773. The quantitative estimate of drug-likeness (QED) is 0.812. The molecule has 1 rings (SSSR count). The predicted octanol–water partition coefficient (Wildman–Crippen LogP) is 2.09. The summed E-state index contributed by atoms with van der Waals surface area (Å²) in [5.74, 6) is -1.07. The van der Waals surface area contributed by atoms with E-state index in [1.165, 1.54) is 12.1 Å². The van der Waals surface area contributed by atoms with Gasteiger partial charge < -0.3 is 10.1 Å². The number of benzene rings is 1. The first-order valence-corrected chi connectivity index (χ1v) is 4.81. The molecule has 0 aromatic heterocycles. The van der Waals surface area contributed by atoms with Crippen molar-refractivity contribution in [2.75, 3.05) is 13.7 Å². The van der Waals surface area contributed by atoms with E-state index in [0.29, 0.717) is 18.7 Å². The van der Waals surface area contributed by atoms with Gasteiger partial charge in [-0.2, -0.15) is 0 Å². The third-order valence-corrected chi connectivity index (χ3v) is 2.16. The lowest BCUT2D eigenvalue weighted by molar-refractivity contribution is 0.117. The van der Waals surface area contributed by atoms with Gasteiger partial charge in [-0.1, -0.05) is 6.07 Å². The molecule has 0 aliphatic carbocycles. The maximum Gasteiger partial charge on any atom is 0.130 e. The van der Waals surface area contributed by atoms with E-state index >= 15 is 0 Å². The Labute approximate surface area is 88.3 Å². The van der Waals surface area contributed by atoms with E-state index in [-0.39, 0.29) is 6.10 Å². The van der Waals surface area contributed by atoms with Crippen LogP contribution in [0.2, 0.25) is 0 Å². The number of nitrogens with one attached hydrogen (secondary N) is 1. The van der Waals surface area contributed by atoms with Crippen LogP contribution in [0.3, 0.4) is 0 Å². The Morgan fingerprint density at radius 2 is 2.13 bits per heavy atom. The molecular formula is C11H15F2NO. The van der Waals surface area contributed by atoms with E-state index in [0.717, 1.165) is 6.07 Å². The van der Waals surface area contributed by atoms with Gasteiger partial charge in [-0.25, -0.2) is 8.78 Å². The minimum atomic E-state index is -0.554. The standard InChI is InChI=1S/C11H15F2NO/c1-8(15-2)6-14-7-9-3-4-10(12)5-11(9)13/h3-5,8,14H,6-7H2,1-2H3. The van der Waals surface area contributed by atoms with Crippen molar-refractivity contribution in [3.63, 3.8) is 0 Å². The predicted molar refractivity (Wildman–Crippen MR) is 54.5 cm³/mol. The summed E-state index contributed by atoms with van der Waals surface area (Å²) in [6.07, 6.45) is 0.0773. The molecular weight excluding hydrogens is 200 g/mol. The minimum Gasteiger partial charge on any atom is -0.380 e. The Balaban J connectivity index is 2.44. The van der Waals surface area contributed by atoms with Gasteiger partial charge in [0.05, 0.1) is 6.10 Å². The summed E-state index contributed by atoms with van der Waals surface area (Å²) in [4.78, 5) is 0. The summed E-state index contributed by atoms with van der Waals surface area (Å²) in [7, 11) is 1.62. The first-order valence-electron chi connectivity index (χ1n) is 4.81. The van der Waals surface area contributed by atoms with Crippen LogP contribution in [0.25, 0.3) is 0 Å². The molecule has 0 saturated carbocycles. The molecule has 0 saturated heterocycles. The van der Waals surface area contributed by atoms with Crippen LogP contribution in [-0.4, -0.2) is 19.8 Å². The van der Waals surface area contributed by atoms with E-state index in [1.54, 1.807) is 7.11 Å². The van der Waals surface area contributed by atoms with Gasteiger partial charge in [0, 0.05) is 31.8 Å². The molecule has 1 aromatic rings. The zero-order chi connectivity index (χ0) is 11.3. The smallest absolute Gasteiger partial charge is 0.130 e. The topological polar surface area (TPSA) is 21.3 Å². The highest BCUT2D eigenvalue weighted by atomic mass is 19.1. The highest BCUT2D eigenvalue weighted by Gasteiger charge is 2.04. The van der Waals surface area contributed by atoms with Crippen LogP contribution in [0, 0.1) is 11.6 Å². The summed E-state index contributed by atoms with van der Waals surface area (Å²) >= 11 is 0. The fourth-order valence-electron chi connectivity index (χ4n) is 1.16. The summed E-state index contributed by atoms with van der Waals surface area (Å²) in [5, 5.41) is 3.03. The van der Waals surface area contributed by atoms with Gasteiger partial charge in [0.15, 0.2) is 0 Å². The van der Waals surface area contributed by atoms with Gasteiger partial charge in [0.25, 0.3) is 0 Å². The van der Waals surface area contributed by atoms with Crippen molar-refractivity contribution >= 4 is 0 Å². The van der Waals surface area contributed by atoms with Crippen molar-refractivity contribution < 1.29 is 13.5 Å². The third-order valence-electron chi connectivity index (χ3n) is 2.16. The van der Waals surface area contributed by atoms with Crippen molar-refractivity contribution in [3.05, 3.63) is 35.4 Å². The van der Waals surface area contributed by atoms with Crippen LogP contribution in [0.15, 0.2) is 18.2 Å². The van der Waals surface area contributed by atoms with Crippen LogP contribution in [0.4, 0.5) is 8.78 Å². The number of hydrogen-bond acceptors (Lipinski definition) is 2. The first kappa shape index (κ1) is 12.1. The molecule has 1 atom stereocenters. The molecule has 1 aromatic carbocycles. The van der Waals surface area contributed by atoms with Gasteiger partial charge in [-0.05, 0) is 13.0 Å². The maximum absolute atomic E-state index is 13.1. The van der Waals surface area contributed by atoms with Gasteiger partial charge >= 0.3 is 0 Å². The van der Waals surface area contributed by atoms with Gasteiger partial charge in [-0.15, -0.1) is 0 Å². The molecule has 1 unspecified atom stereocenters. The Kier molecular flexibility index (Phi) is 4.65. The molecule has 0 aliphatic heterocycles. The van der Waals surface area contributed by atoms with Gasteiger partial charge in [-0.3, -0.25) is 0 Å². The molecule has 1 N–H and O–H groups in total. The number of rotatable bonds is 5. The molecule has 0 amide bonds. The molecule has 0 bridgehead atoms. The van der Waals surface area contributed by atoms with Crippen LogP contribution < -0.4 is 5.32 Å². The molecule has 0 radical (unpaired) electrons. The van der Waals surface area contributed by atoms with Crippen molar-refractivity contribution in [1.82, 2.24) is 5.32 Å². The lowest BCUT2D eigenvalue weighted by Crippen LogP contribution is -2.25. The molecule has 84 valence electrons. The second-order valence-corrected chi connectivity index (χ2v) is 3.41. The average molecular weight is 215 g/mol. The van der Waals surface area contributed by atoms with E-state index in [4.69, 9.17) is 4.74 Å². The summed E-state index contributed by atoms with van der Waals surface area (Å²) in [6, 6.07) is 3.58. The van der Waals surface area contributed by atoms with Crippen molar-refractivity contribution in [3.8, 4) is 0 Å². The molecule has 0 heterocycles. The maximum atomic E-state index is 13.1. The number of methoxy groups -OCH3 is 1. The molecule has 0 fully saturated rings. The lowest BCUT2D eigenvalue weighted by Gasteiger charge is -2.10. The Morgan fingerprint density at radius 3 is 2.73 bits per heavy atom. The first-order chi connectivity index (χ1) is 7.13. The van der Waals surface area contributed by atoms with Crippen LogP contribution in [0.1, 0.15) is 12.5 Å². The summed E-state index contributed by atoms with van der Waals surface area (Å²) < 4.78 is 30.7. The fourth-order valence-corrected chi connectivity index (χ4v) is 1.16. The normalized spacial score (nSPS) is 12.8. The average Bonchev–Trinajstić information content (AvgIpc) is 2.21. The zero-order valence-corrected chi connectivity index (χ0v) is 8.89. The second-order valence-electron chi connectivity index (χ2n) is 3.41. The van der Waals surface area contributed by atoms with Crippen molar-refractivity contribution in [2.24, 2.45) is 0 Å². The van der Waals surface area contributed by atoms with Gasteiger partial charge in [0.2, 0.25) is 0 Å². The molecule has 0 aliphatic rings. The Hall–Kier alpha value is -1.00. The molecule has 4 heteroatoms. The number of hydrogen-bond donors (Lipinski definition) is 1. The van der Waals surface area contributed by atoms with Crippen molar-refractivity contribution in [2.45, 2.75) is 19.6 Å². The van der Waals surface area contributed by atoms with Gasteiger partial charge in [0.1, 0.15) is 11.6 Å². The van der Waals surface area contributed by atoms with E-state index in [2.05, 4.69) is 5.32 Å².